The molecule has 0 saturated carbocycles. The third-order valence-electron chi connectivity index (χ3n) is 4.53. The Hall–Kier alpha value is -3.31. The molecule has 0 radical (unpaired) electrons. The summed E-state index contributed by atoms with van der Waals surface area (Å²) in [7, 11) is 0. The normalized spacial score (nSPS) is 11.9. The summed E-state index contributed by atoms with van der Waals surface area (Å²) in [6.07, 6.45) is -0.300. The number of para-hydroxylation sites is 1. The summed E-state index contributed by atoms with van der Waals surface area (Å²) >= 11 is 1.57. The van der Waals surface area contributed by atoms with Gasteiger partial charge in [-0.1, -0.05) is 72.8 Å². The number of esters is 1. The quantitative estimate of drug-likeness (QED) is 0.307. The standard InChI is InChI=1S/C24H19NO3S/c26-22(16-15-21-25-19-13-7-8-14-20(19)29-21)28-24(18-11-5-2-6-12-18)23(27)17-9-3-1-4-10-17/h1-14,24H,15-16H2/t24-/m1/s1. The van der Waals surface area contributed by atoms with Crippen LogP contribution in [0.5, 0.6) is 0 Å². The van der Waals surface area contributed by atoms with E-state index >= 15 is 0 Å². The van der Waals surface area contributed by atoms with Crippen LogP contribution in [-0.4, -0.2) is 16.7 Å². The summed E-state index contributed by atoms with van der Waals surface area (Å²) in [5.41, 5.74) is 2.11. The molecule has 0 fully saturated rings. The van der Waals surface area contributed by atoms with Crippen molar-refractivity contribution < 1.29 is 14.3 Å². The summed E-state index contributed by atoms with van der Waals surface area (Å²) in [6, 6.07) is 25.9. The lowest BCUT2D eigenvalue weighted by Gasteiger charge is -2.17. The molecular formula is C24H19NO3S. The minimum atomic E-state index is -0.957. The van der Waals surface area contributed by atoms with Crippen LogP contribution >= 0.6 is 11.3 Å². The fraction of sp³-hybridized carbons (Fsp3) is 0.125. The first kappa shape index (κ1) is 19.0. The number of Topliss-reactive ketones (excluding diaryl/α,β-unsaturated/α-hetero) is 1. The largest absolute Gasteiger partial charge is 0.449 e. The van der Waals surface area contributed by atoms with E-state index in [0.29, 0.717) is 17.5 Å². The second-order valence-electron chi connectivity index (χ2n) is 6.59. The molecular weight excluding hydrogens is 382 g/mol. The maximum atomic E-state index is 13.0. The number of thiazole rings is 1. The third-order valence-corrected chi connectivity index (χ3v) is 5.63. The van der Waals surface area contributed by atoms with E-state index in [1.54, 1.807) is 47.7 Å². The molecule has 0 aliphatic rings. The van der Waals surface area contributed by atoms with Crippen molar-refractivity contribution in [3.63, 3.8) is 0 Å². The van der Waals surface area contributed by atoms with Gasteiger partial charge in [-0.15, -0.1) is 11.3 Å². The number of nitrogens with zero attached hydrogens (tertiary/aromatic N) is 1. The predicted octanol–water partition coefficient (Wildman–Crippen LogP) is 5.40. The van der Waals surface area contributed by atoms with E-state index in [2.05, 4.69) is 4.98 Å². The molecule has 0 aliphatic heterocycles. The van der Waals surface area contributed by atoms with Crippen molar-refractivity contribution >= 4 is 33.3 Å². The van der Waals surface area contributed by atoms with E-state index in [1.165, 1.54) is 0 Å². The Morgan fingerprint density at radius 3 is 2.24 bits per heavy atom. The number of benzene rings is 3. The van der Waals surface area contributed by atoms with Crippen molar-refractivity contribution in [3.05, 3.63) is 101 Å². The first-order valence-electron chi connectivity index (χ1n) is 9.39. The number of fused-ring (bicyclic) bond motifs is 1. The molecule has 0 aliphatic carbocycles. The van der Waals surface area contributed by atoms with Crippen LogP contribution in [0.25, 0.3) is 10.2 Å². The number of carbonyl (C=O) groups is 2. The Bertz CT molecular complexity index is 1090. The molecule has 0 saturated heterocycles. The van der Waals surface area contributed by atoms with Gasteiger partial charge in [0.25, 0.3) is 0 Å². The molecule has 4 nitrogen and oxygen atoms in total. The van der Waals surface area contributed by atoms with E-state index in [9.17, 15) is 9.59 Å². The highest BCUT2D eigenvalue weighted by Gasteiger charge is 2.26. The lowest BCUT2D eigenvalue weighted by molar-refractivity contribution is -0.147. The molecule has 5 heteroatoms. The number of carbonyl (C=O) groups excluding carboxylic acids is 2. The van der Waals surface area contributed by atoms with Gasteiger partial charge in [-0.3, -0.25) is 9.59 Å². The average Bonchev–Trinajstić information content (AvgIpc) is 3.20. The minimum absolute atomic E-state index is 0.172. The van der Waals surface area contributed by atoms with Gasteiger partial charge in [0.15, 0.2) is 6.10 Å². The highest BCUT2D eigenvalue weighted by Crippen LogP contribution is 2.25. The SMILES string of the molecule is O=C(CCc1nc2ccccc2s1)O[C@@H](C(=O)c1ccccc1)c1ccccc1. The molecule has 0 bridgehead atoms. The highest BCUT2D eigenvalue weighted by atomic mass is 32.1. The van der Waals surface area contributed by atoms with Gasteiger partial charge < -0.3 is 4.74 Å². The van der Waals surface area contributed by atoms with E-state index < -0.39 is 12.1 Å². The first-order chi connectivity index (χ1) is 14.2. The molecule has 1 heterocycles. The van der Waals surface area contributed by atoms with E-state index in [-0.39, 0.29) is 12.2 Å². The van der Waals surface area contributed by atoms with Gasteiger partial charge in [0, 0.05) is 17.5 Å². The van der Waals surface area contributed by atoms with Gasteiger partial charge in [0.05, 0.1) is 21.6 Å². The zero-order valence-electron chi connectivity index (χ0n) is 15.7. The number of aromatic nitrogens is 1. The maximum absolute atomic E-state index is 13.0. The summed E-state index contributed by atoms with van der Waals surface area (Å²) < 4.78 is 6.73. The van der Waals surface area contributed by atoms with Crippen LogP contribution in [-0.2, 0) is 16.0 Å². The topological polar surface area (TPSA) is 56.3 Å². The zero-order chi connectivity index (χ0) is 20.1. The van der Waals surface area contributed by atoms with Gasteiger partial charge in [-0.2, -0.15) is 0 Å². The first-order valence-corrected chi connectivity index (χ1v) is 10.2. The fourth-order valence-electron chi connectivity index (χ4n) is 3.08. The lowest BCUT2D eigenvalue weighted by atomic mass is 10.00. The minimum Gasteiger partial charge on any atom is -0.449 e. The molecule has 0 N–H and O–H groups in total. The fourth-order valence-corrected chi connectivity index (χ4v) is 4.05. The lowest BCUT2D eigenvalue weighted by Crippen LogP contribution is -2.20. The van der Waals surface area contributed by atoms with Gasteiger partial charge in [-0.25, -0.2) is 4.98 Å². The molecule has 1 aromatic heterocycles. The van der Waals surface area contributed by atoms with Crippen LogP contribution < -0.4 is 0 Å². The van der Waals surface area contributed by atoms with Crippen LogP contribution in [0.2, 0.25) is 0 Å². The number of aryl methyl sites for hydroxylation is 1. The monoisotopic (exact) mass is 401 g/mol. The molecule has 29 heavy (non-hydrogen) atoms. The summed E-state index contributed by atoms with van der Waals surface area (Å²) in [5, 5.41) is 0.883. The number of ketones is 1. The summed E-state index contributed by atoms with van der Waals surface area (Å²) in [4.78, 5) is 30.1. The van der Waals surface area contributed by atoms with Crippen molar-refractivity contribution in [1.29, 1.82) is 0 Å². The second-order valence-corrected chi connectivity index (χ2v) is 7.70. The molecule has 4 rings (SSSR count). The zero-order valence-corrected chi connectivity index (χ0v) is 16.5. The van der Waals surface area contributed by atoms with Gasteiger partial charge >= 0.3 is 5.97 Å². The molecule has 3 aromatic carbocycles. The number of rotatable bonds is 7. The average molecular weight is 401 g/mol. The Kier molecular flexibility index (Phi) is 5.77. The highest BCUT2D eigenvalue weighted by molar-refractivity contribution is 7.18. The van der Waals surface area contributed by atoms with Gasteiger partial charge in [0.2, 0.25) is 5.78 Å². The van der Waals surface area contributed by atoms with Crippen molar-refractivity contribution in [2.75, 3.05) is 0 Å². The Morgan fingerprint density at radius 1 is 0.862 bits per heavy atom. The van der Waals surface area contributed by atoms with E-state index in [4.69, 9.17) is 4.74 Å². The van der Waals surface area contributed by atoms with Crippen molar-refractivity contribution in [2.24, 2.45) is 0 Å². The maximum Gasteiger partial charge on any atom is 0.307 e. The van der Waals surface area contributed by atoms with E-state index in [1.807, 2.05) is 48.5 Å². The smallest absolute Gasteiger partial charge is 0.307 e. The summed E-state index contributed by atoms with van der Waals surface area (Å²) in [5.74, 6) is -0.646. The second kappa shape index (κ2) is 8.80. The third kappa shape index (κ3) is 4.58. The predicted molar refractivity (Wildman–Crippen MR) is 114 cm³/mol. The van der Waals surface area contributed by atoms with E-state index in [0.717, 1.165) is 15.2 Å². The van der Waals surface area contributed by atoms with Gasteiger partial charge in [0.1, 0.15) is 0 Å². The number of ether oxygens (including phenoxy) is 1. The molecule has 144 valence electrons. The molecule has 0 spiro atoms. The number of hydrogen-bond acceptors (Lipinski definition) is 5. The number of hydrogen-bond donors (Lipinski definition) is 0. The Labute approximate surface area is 172 Å². The van der Waals surface area contributed by atoms with Crippen molar-refractivity contribution in [2.45, 2.75) is 18.9 Å². The van der Waals surface area contributed by atoms with Crippen molar-refractivity contribution in [3.8, 4) is 0 Å². The molecule has 0 unspecified atom stereocenters. The summed E-state index contributed by atoms with van der Waals surface area (Å²) in [6.45, 7) is 0. The molecule has 1 atom stereocenters. The van der Waals surface area contributed by atoms with Crippen LogP contribution in [0.3, 0.4) is 0 Å². The van der Waals surface area contributed by atoms with Crippen LogP contribution in [0.15, 0.2) is 84.9 Å². The van der Waals surface area contributed by atoms with Gasteiger partial charge in [-0.05, 0) is 12.1 Å². The molecule has 4 aromatic rings. The molecule has 0 amide bonds. The van der Waals surface area contributed by atoms with Crippen LogP contribution in [0.1, 0.15) is 33.5 Å². The Morgan fingerprint density at radius 2 is 1.52 bits per heavy atom. The van der Waals surface area contributed by atoms with Crippen LogP contribution in [0, 0.1) is 0 Å². The Balaban J connectivity index is 1.48. The van der Waals surface area contributed by atoms with Crippen molar-refractivity contribution in [1.82, 2.24) is 4.98 Å². The van der Waals surface area contributed by atoms with Crippen LogP contribution in [0.4, 0.5) is 0 Å².